The van der Waals surface area contributed by atoms with E-state index in [9.17, 15) is 0 Å². The minimum atomic E-state index is 0.874. The Balaban J connectivity index is 1.20. The Morgan fingerprint density at radius 1 is 0.435 bits per heavy atom. The molecule has 0 aliphatic carbocycles. The number of hydrogen-bond acceptors (Lipinski definition) is 3. The van der Waals surface area contributed by atoms with Gasteiger partial charge in [0.2, 0.25) is 0 Å². The van der Waals surface area contributed by atoms with Gasteiger partial charge in [0.15, 0.2) is 5.65 Å². The minimum absolute atomic E-state index is 0.874. The third-order valence-corrected chi connectivity index (χ3v) is 9.21. The molecular formula is C42H26N4. The number of hydrogen-bond donors (Lipinski definition) is 0. The summed E-state index contributed by atoms with van der Waals surface area (Å²) in [6.07, 6.45) is 0. The van der Waals surface area contributed by atoms with Crippen LogP contribution in [0.15, 0.2) is 158 Å². The first-order chi connectivity index (χ1) is 22.8. The van der Waals surface area contributed by atoms with Crippen LogP contribution in [0, 0.1) is 0 Å². The second kappa shape index (κ2) is 9.62. The van der Waals surface area contributed by atoms with Crippen molar-refractivity contribution in [2.24, 2.45) is 0 Å². The monoisotopic (exact) mass is 586 g/mol. The molecule has 46 heavy (non-hydrogen) atoms. The van der Waals surface area contributed by atoms with E-state index in [2.05, 4.69) is 143 Å². The Labute approximate surface area is 264 Å². The zero-order chi connectivity index (χ0) is 30.2. The summed E-state index contributed by atoms with van der Waals surface area (Å²) >= 11 is 0. The Morgan fingerprint density at radius 3 is 1.54 bits per heavy atom. The fraction of sp³-hybridized carbons (Fsp3) is 0. The van der Waals surface area contributed by atoms with E-state index in [0.717, 1.165) is 55.8 Å². The van der Waals surface area contributed by atoms with Gasteiger partial charge in [-0.05, 0) is 99.0 Å². The lowest BCUT2D eigenvalue weighted by molar-refractivity contribution is 1.15. The summed E-state index contributed by atoms with van der Waals surface area (Å²) in [6, 6.07) is 56.1. The van der Waals surface area contributed by atoms with Crippen molar-refractivity contribution in [3.05, 3.63) is 158 Å². The van der Waals surface area contributed by atoms with Crippen LogP contribution in [0.3, 0.4) is 0 Å². The zero-order valence-corrected chi connectivity index (χ0v) is 24.8. The maximum Gasteiger partial charge on any atom is 0.165 e. The topological polar surface area (TPSA) is 34.0 Å². The van der Waals surface area contributed by atoms with Gasteiger partial charge in [-0.3, -0.25) is 4.57 Å². The standard InChI is InChI=1S/C42H26N4/c1-3-11-31(12-4-1)45(32-13-5-2-6-14-32)33-23-27-19-21-29-25-34(26-30-22-20-28(24-33)39(27)40(29)30)46-38-18-10-7-15-35(38)41-42(46)44-37-17-9-8-16-36(37)43-41/h1-26H. The van der Waals surface area contributed by atoms with E-state index >= 15 is 0 Å². The normalized spacial score (nSPS) is 11.9. The highest BCUT2D eigenvalue weighted by Crippen LogP contribution is 2.42. The number of nitrogens with zero attached hydrogens (tertiary/aromatic N) is 4. The third kappa shape index (κ3) is 3.67. The van der Waals surface area contributed by atoms with Gasteiger partial charge in [0.1, 0.15) is 5.52 Å². The summed E-state index contributed by atoms with van der Waals surface area (Å²) in [7, 11) is 0. The number of para-hydroxylation sites is 5. The SMILES string of the molecule is c1ccc(N(c2ccccc2)c2cc3ccc4cc(-n5c6ccccc6c6nc7ccccc7nc65)cc5ccc(c2)c3c45)cc1. The first-order valence-electron chi connectivity index (χ1n) is 15.6. The maximum atomic E-state index is 5.14. The first-order valence-corrected chi connectivity index (χ1v) is 15.6. The summed E-state index contributed by atoms with van der Waals surface area (Å²) < 4.78 is 2.27. The van der Waals surface area contributed by atoms with Crippen LogP contribution in [0.2, 0.25) is 0 Å². The predicted octanol–water partition coefficient (Wildman–Crippen LogP) is 11.1. The molecule has 0 bridgehead atoms. The molecule has 0 unspecified atom stereocenters. The lowest BCUT2D eigenvalue weighted by atomic mass is 9.93. The Hall–Kier alpha value is -6.26. The van der Waals surface area contributed by atoms with Crippen LogP contribution in [-0.4, -0.2) is 14.5 Å². The molecule has 0 N–H and O–H groups in total. The molecule has 2 aromatic heterocycles. The summed E-state index contributed by atoms with van der Waals surface area (Å²) in [4.78, 5) is 12.5. The quantitative estimate of drug-likeness (QED) is 0.192. The van der Waals surface area contributed by atoms with Crippen molar-refractivity contribution in [2.45, 2.75) is 0 Å². The average molecular weight is 587 g/mol. The summed E-state index contributed by atoms with van der Waals surface area (Å²) in [5.41, 5.74) is 9.20. The van der Waals surface area contributed by atoms with E-state index in [1.807, 2.05) is 24.3 Å². The number of aromatic nitrogens is 3. The molecule has 4 nitrogen and oxygen atoms in total. The molecule has 0 spiro atoms. The molecule has 0 saturated carbocycles. The van der Waals surface area contributed by atoms with Gasteiger partial charge in [-0.2, -0.15) is 0 Å². The van der Waals surface area contributed by atoms with Crippen LogP contribution >= 0.6 is 0 Å². The van der Waals surface area contributed by atoms with Crippen molar-refractivity contribution in [1.29, 1.82) is 0 Å². The smallest absolute Gasteiger partial charge is 0.165 e. The number of anilines is 3. The van der Waals surface area contributed by atoms with Gasteiger partial charge in [-0.1, -0.05) is 91.0 Å². The molecule has 10 rings (SSSR count). The first kappa shape index (κ1) is 25.1. The molecular weight excluding hydrogens is 560 g/mol. The van der Waals surface area contributed by atoms with Crippen LogP contribution in [0.25, 0.3) is 71.1 Å². The Morgan fingerprint density at radius 2 is 0.935 bits per heavy atom. The number of fused-ring (bicyclic) bond motifs is 4. The highest BCUT2D eigenvalue weighted by molar-refractivity contribution is 6.24. The fourth-order valence-electron chi connectivity index (χ4n) is 7.24. The molecule has 0 amide bonds. The minimum Gasteiger partial charge on any atom is -0.310 e. The van der Waals surface area contributed by atoms with Crippen LogP contribution in [0.4, 0.5) is 17.1 Å². The average Bonchev–Trinajstić information content (AvgIpc) is 3.43. The highest BCUT2D eigenvalue weighted by Gasteiger charge is 2.19. The fourth-order valence-corrected chi connectivity index (χ4v) is 7.24. The van der Waals surface area contributed by atoms with E-state index in [1.165, 1.54) is 32.3 Å². The van der Waals surface area contributed by atoms with Gasteiger partial charge in [0, 0.05) is 28.1 Å². The van der Waals surface area contributed by atoms with Gasteiger partial charge in [0.25, 0.3) is 0 Å². The molecule has 4 heteroatoms. The molecule has 8 aromatic carbocycles. The molecule has 0 radical (unpaired) electrons. The Bertz CT molecular complexity index is 2640. The molecule has 0 aliphatic rings. The summed E-state index contributed by atoms with van der Waals surface area (Å²) in [5.74, 6) is 0. The zero-order valence-electron chi connectivity index (χ0n) is 24.8. The van der Waals surface area contributed by atoms with E-state index in [1.54, 1.807) is 0 Å². The van der Waals surface area contributed by atoms with E-state index in [4.69, 9.17) is 9.97 Å². The van der Waals surface area contributed by atoms with Crippen molar-refractivity contribution >= 4 is 82.5 Å². The molecule has 0 saturated heterocycles. The van der Waals surface area contributed by atoms with Crippen LogP contribution in [0.5, 0.6) is 0 Å². The number of rotatable bonds is 4. The summed E-state index contributed by atoms with van der Waals surface area (Å²) in [5, 5.41) is 8.55. The molecule has 2 heterocycles. The van der Waals surface area contributed by atoms with Crippen molar-refractivity contribution in [2.75, 3.05) is 4.90 Å². The molecule has 10 aromatic rings. The molecule has 214 valence electrons. The second-order valence-corrected chi connectivity index (χ2v) is 11.9. The van der Waals surface area contributed by atoms with Crippen LogP contribution in [0.1, 0.15) is 0 Å². The predicted molar refractivity (Wildman–Crippen MR) is 192 cm³/mol. The van der Waals surface area contributed by atoms with Gasteiger partial charge in [0.05, 0.1) is 16.6 Å². The van der Waals surface area contributed by atoms with Crippen molar-refractivity contribution in [3.8, 4) is 5.69 Å². The van der Waals surface area contributed by atoms with Gasteiger partial charge >= 0.3 is 0 Å². The largest absolute Gasteiger partial charge is 0.310 e. The Kier molecular flexibility index (Phi) is 5.25. The van der Waals surface area contributed by atoms with Crippen molar-refractivity contribution in [3.63, 3.8) is 0 Å². The molecule has 0 aliphatic heterocycles. The van der Waals surface area contributed by atoms with E-state index in [0.29, 0.717) is 0 Å². The second-order valence-electron chi connectivity index (χ2n) is 11.9. The van der Waals surface area contributed by atoms with E-state index < -0.39 is 0 Å². The lowest BCUT2D eigenvalue weighted by Crippen LogP contribution is -2.09. The van der Waals surface area contributed by atoms with E-state index in [-0.39, 0.29) is 0 Å². The highest BCUT2D eigenvalue weighted by atomic mass is 15.1. The summed E-state index contributed by atoms with van der Waals surface area (Å²) in [6.45, 7) is 0. The third-order valence-electron chi connectivity index (χ3n) is 9.21. The van der Waals surface area contributed by atoms with Crippen molar-refractivity contribution in [1.82, 2.24) is 14.5 Å². The molecule has 0 fully saturated rings. The molecule has 0 atom stereocenters. The maximum absolute atomic E-state index is 5.14. The van der Waals surface area contributed by atoms with Gasteiger partial charge in [-0.15, -0.1) is 0 Å². The van der Waals surface area contributed by atoms with Crippen molar-refractivity contribution < 1.29 is 0 Å². The van der Waals surface area contributed by atoms with Gasteiger partial charge in [-0.25, -0.2) is 9.97 Å². The van der Waals surface area contributed by atoms with Crippen LogP contribution < -0.4 is 4.90 Å². The van der Waals surface area contributed by atoms with Crippen LogP contribution in [-0.2, 0) is 0 Å². The van der Waals surface area contributed by atoms with Gasteiger partial charge < -0.3 is 4.90 Å². The lowest BCUT2D eigenvalue weighted by Gasteiger charge is -2.26. The number of benzene rings is 8.